The van der Waals surface area contributed by atoms with Gasteiger partial charge in [0.1, 0.15) is 0 Å². The second-order valence-corrected chi connectivity index (χ2v) is 5.49. The Bertz CT molecular complexity index is 447. The quantitative estimate of drug-likeness (QED) is 0.680. The van der Waals surface area contributed by atoms with E-state index < -0.39 is 0 Å². The zero-order valence-corrected chi connectivity index (χ0v) is 9.71. The third-order valence-electron chi connectivity index (χ3n) is 2.28. The summed E-state index contributed by atoms with van der Waals surface area (Å²) in [5, 5.41) is 1.35. The standard InChI is InChI=1S/C10H12NOSe/c1-7-9-6-8(12-3)4-5-10(9)13-11(7)2/h4-6H,1-3H3/q+1. The summed E-state index contributed by atoms with van der Waals surface area (Å²) in [6.45, 7) is 2.16. The van der Waals surface area contributed by atoms with E-state index in [1.54, 1.807) is 7.11 Å². The van der Waals surface area contributed by atoms with Gasteiger partial charge in [-0.15, -0.1) is 0 Å². The third kappa shape index (κ3) is 1.38. The molecule has 3 heteroatoms. The number of rotatable bonds is 1. The summed E-state index contributed by atoms with van der Waals surface area (Å²) in [6, 6.07) is 6.32. The molecule has 0 atom stereocenters. The number of aromatic nitrogens is 1. The molecule has 0 saturated carbocycles. The Morgan fingerprint density at radius 2 is 2.15 bits per heavy atom. The fourth-order valence-corrected chi connectivity index (χ4v) is 3.41. The molecule has 0 aliphatic heterocycles. The Balaban J connectivity index is 2.75. The average Bonchev–Trinajstić information content (AvgIpc) is 2.43. The van der Waals surface area contributed by atoms with Gasteiger partial charge in [0.25, 0.3) is 0 Å². The van der Waals surface area contributed by atoms with Gasteiger partial charge in [0.05, 0.1) is 0 Å². The summed E-state index contributed by atoms with van der Waals surface area (Å²) < 4.78 is 8.97. The number of hydrogen-bond acceptors (Lipinski definition) is 1. The van der Waals surface area contributed by atoms with Crippen molar-refractivity contribution in [3.05, 3.63) is 23.9 Å². The van der Waals surface area contributed by atoms with E-state index in [1.165, 1.54) is 15.3 Å². The molecule has 2 rings (SSSR count). The number of fused-ring (bicyclic) bond motifs is 1. The van der Waals surface area contributed by atoms with Crippen LogP contribution < -0.4 is 8.30 Å². The number of hydrogen-bond donors (Lipinski definition) is 0. The Labute approximate surface area is 83.7 Å². The summed E-state index contributed by atoms with van der Waals surface area (Å²) in [5.41, 5.74) is 1.36. The van der Waals surface area contributed by atoms with Gasteiger partial charge >= 0.3 is 83.4 Å². The van der Waals surface area contributed by atoms with Crippen LogP contribution in [0.15, 0.2) is 18.2 Å². The zero-order chi connectivity index (χ0) is 9.42. The number of nitrogens with zero attached hydrogens (tertiary/aromatic N) is 1. The number of ether oxygens (including phenoxy) is 1. The molecule has 1 aromatic carbocycles. The Kier molecular flexibility index (Phi) is 2.14. The molecule has 0 aliphatic carbocycles. The van der Waals surface area contributed by atoms with Crippen LogP contribution in [0.3, 0.4) is 0 Å². The van der Waals surface area contributed by atoms with E-state index >= 15 is 0 Å². The summed E-state index contributed by atoms with van der Waals surface area (Å²) in [7, 11) is 3.85. The van der Waals surface area contributed by atoms with E-state index in [0.29, 0.717) is 14.7 Å². The fraction of sp³-hybridized carbons (Fsp3) is 0.300. The summed E-state index contributed by atoms with van der Waals surface area (Å²) in [5.74, 6) is 0.948. The maximum absolute atomic E-state index is 5.20. The summed E-state index contributed by atoms with van der Waals surface area (Å²) in [4.78, 5) is 0. The van der Waals surface area contributed by atoms with E-state index in [2.05, 4.69) is 29.7 Å². The fourth-order valence-electron chi connectivity index (χ4n) is 1.38. The van der Waals surface area contributed by atoms with Crippen LogP contribution in [0.2, 0.25) is 0 Å². The molecule has 1 heterocycles. The average molecular weight is 241 g/mol. The Hall–Kier alpha value is -0.791. The number of methoxy groups -OCH3 is 1. The van der Waals surface area contributed by atoms with Crippen LogP contribution >= 0.6 is 0 Å². The molecule has 13 heavy (non-hydrogen) atoms. The Morgan fingerprint density at radius 3 is 2.85 bits per heavy atom. The van der Waals surface area contributed by atoms with E-state index in [4.69, 9.17) is 4.74 Å². The van der Waals surface area contributed by atoms with Crippen LogP contribution in [0.5, 0.6) is 5.75 Å². The van der Waals surface area contributed by atoms with E-state index in [1.807, 2.05) is 6.07 Å². The molecule has 2 aromatic rings. The predicted octanol–water partition coefficient (Wildman–Crippen LogP) is 1.04. The molecule has 0 aliphatic rings. The van der Waals surface area contributed by atoms with E-state index in [9.17, 15) is 0 Å². The minimum absolute atomic E-state index is 0.464. The first kappa shape index (κ1) is 8.79. The molecule has 0 radical (unpaired) electrons. The van der Waals surface area contributed by atoms with Crippen LogP contribution in [-0.4, -0.2) is 21.8 Å². The van der Waals surface area contributed by atoms with Crippen molar-refractivity contribution in [1.82, 2.24) is 0 Å². The van der Waals surface area contributed by atoms with Crippen molar-refractivity contribution in [2.75, 3.05) is 7.11 Å². The van der Waals surface area contributed by atoms with Crippen LogP contribution in [0, 0.1) is 6.92 Å². The molecular weight excluding hydrogens is 229 g/mol. The van der Waals surface area contributed by atoms with Crippen molar-refractivity contribution in [3.8, 4) is 5.75 Å². The molecule has 0 amide bonds. The van der Waals surface area contributed by atoms with Crippen LogP contribution in [0.1, 0.15) is 5.69 Å². The molecule has 2 nitrogen and oxygen atoms in total. The monoisotopic (exact) mass is 242 g/mol. The molecule has 0 fully saturated rings. The van der Waals surface area contributed by atoms with Crippen LogP contribution in [0.25, 0.3) is 9.65 Å². The van der Waals surface area contributed by atoms with Gasteiger partial charge in [-0.1, -0.05) is 0 Å². The molecule has 0 spiro atoms. The van der Waals surface area contributed by atoms with Crippen molar-refractivity contribution < 1.29 is 8.30 Å². The second kappa shape index (κ2) is 3.17. The van der Waals surface area contributed by atoms with Gasteiger partial charge in [-0.25, -0.2) is 0 Å². The van der Waals surface area contributed by atoms with Crippen molar-refractivity contribution in [2.45, 2.75) is 6.92 Å². The van der Waals surface area contributed by atoms with Gasteiger partial charge in [0, 0.05) is 0 Å². The van der Waals surface area contributed by atoms with Crippen molar-refractivity contribution in [2.24, 2.45) is 7.05 Å². The Morgan fingerprint density at radius 1 is 1.38 bits per heavy atom. The van der Waals surface area contributed by atoms with Crippen LogP contribution in [0.4, 0.5) is 0 Å². The first-order valence-corrected chi connectivity index (χ1v) is 5.78. The van der Waals surface area contributed by atoms with Gasteiger partial charge in [-0.2, -0.15) is 0 Å². The van der Waals surface area contributed by atoms with Gasteiger partial charge in [-0.3, -0.25) is 0 Å². The molecule has 0 saturated heterocycles. The molecule has 0 bridgehead atoms. The van der Waals surface area contributed by atoms with Crippen molar-refractivity contribution in [1.29, 1.82) is 0 Å². The molecule has 0 unspecified atom stereocenters. The maximum atomic E-state index is 5.20. The van der Waals surface area contributed by atoms with Gasteiger partial charge in [0.15, 0.2) is 0 Å². The van der Waals surface area contributed by atoms with Crippen molar-refractivity contribution >= 4 is 24.4 Å². The van der Waals surface area contributed by atoms with Gasteiger partial charge in [0.2, 0.25) is 0 Å². The van der Waals surface area contributed by atoms with Gasteiger partial charge < -0.3 is 0 Å². The second-order valence-electron chi connectivity index (χ2n) is 3.04. The van der Waals surface area contributed by atoms with Gasteiger partial charge in [-0.05, 0) is 0 Å². The van der Waals surface area contributed by atoms with E-state index in [0.717, 1.165) is 5.75 Å². The van der Waals surface area contributed by atoms with E-state index in [-0.39, 0.29) is 0 Å². The first-order chi connectivity index (χ1) is 6.22. The molecular formula is C10H12NOSe+. The molecule has 1 aromatic heterocycles. The number of aryl methyl sites for hydroxylation is 2. The predicted molar refractivity (Wildman–Crippen MR) is 53.4 cm³/mol. The topological polar surface area (TPSA) is 13.1 Å². The minimum atomic E-state index is 0.464. The summed E-state index contributed by atoms with van der Waals surface area (Å²) in [6.07, 6.45) is 0. The first-order valence-electron chi connectivity index (χ1n) is 4.16. The normalized spacial score (nSPS) is 10.7. The molecule has 68 valence electrons. The SMILES string of the molecule is COc1ccc2[se][n+](C)c(C)c2c1. The molecule has 0 N–H and O–H groups in total. The van der Waals surface area contributed by atoms with Crippen molar-refractivity contribution in [3.63, 3.8) is 0 Å². The third-order valence-corrected chi connectivity index (χ3v) is 4.59. The summed E-state index contributed by atoms with van der Waals surface area (Å²) >= 11 is 0.464. The zero-order valence-electron chi connectivity index (χ0n) is 8.00. The number of benzene rings is 1. The van der Waals surface area contributed by atoms with Crippen LogP contribution in [-0.2, 0) is 7.05 Å².